The Bertz CT molecular complexity index is 1390. The van der Waals surface area contributed by atoms with E-state index in [1.54, 1.807) is 0 Å². The molecule has 0 spiro atoms. The van der Waals surface area contributed by atoms with Crippen LogP contribution in [0.5, 0.6) is 0 Å². The molecular weight excluding hydrogens is 925 g/mol. The summed E-state index contributed by atoms with van der Waals surface area (Å²) in [6.45, 7) is 6.45. The summed E-state index contributed by atoms with van der Waals surface area (Å²) in [5, 5.41) is 0. The van der Waals surface area contributed by atoms with Crippen molar-refractivity contribution in [2.75, 3.05) is 13.2 Å². The molecule has 0 aromatic rings. The Morgan fingerprint density at radius 2 is 0.560 bits per heavy atom. The maximum atomic E-state index is 12.8. The van der Waals surface area contributed by atoms with Crippen molar-refractivity contribution in [1.82, 2.24) is 0 Å². The predicted octanol–water partition coefficient (Wildman–Crippen LogP) is 22.1. The predicted molar refractivity (Wildman–Crippen MR) is 325 cm³/mol. The lowest BCUT2D eigenvalue weighted by Crippen LogP contribution is -2.30. The first-order valence-corrected chi connectivity index (χ1v) is 32.4. The molecule has 434 valence electrons. The zero-order chi connectivity index (χ0) is 54.3. The van der Waals surface area contributed by atoms with Crippen molar-refractivity contribution in [3.8, 4) is 0 Å². The lowest BCUT2D eigenvalue weighted by Gasteiger charge is -2.18. The van der Waals surface area contributed by atoms with E-state index >= 15 is 0 Å². The number of unbranched alkanes of at least 4 members (excludes halogenated alkanes) is 36. The molecule has 0 N–H and O–H groups in total. The van der Waals surface area contributed by atoms with Gasteiger partial charge in [-0.2, -0.15) is 0 Å². The van der Waals surface area contributed by atoms with E-state index in [0.717, 1.165) is 96.3 Å². The Hall–Kier alpha value is -3.15. The Morgan fingerprint density at radius 1 is 0.280 bits per heavy atom. The number of ether oxygens (including phenoxy) is 3. The molecule has 0 aromatic heterocycles. The van der Waals surface area contributed by atoms with E-state index in [2.05, 4.69) is 93.7 Å². The third-order valence-electron chi connectivity index (χ3n) is 14.2. The molecule has 6 nitrogen and oxygen atoms in total. The summed E-state index contributed by atoms with van der Waals surface area (Å²) in [6.07, 6.45) is 82.4. The number of carbonyl (C=O) groups excluding carboxylic acids is 3. The Morgan fingerprint density at radius 3 is 0.920 bits per heavy atom. The van der Waals surface area contributed by atoms with Gasteiger partial charge in [0.2, 0.25) is 0 Å². The minimum atomic E-state index is -0.807. The molecule has 0 radical (unpaired) electrons. The Kier molecular flexibility index (Phi) is 60.7. The minimum absolute atomic E-state index is 0.0983. The second-order valence-electron chi connectivity index (χ2n) is 21.6. The average Bonchev–Trinajstić information content (AvgIpc) is 3.41. The van der Waals surface area contributed by atoms with E-state index in [1.807, 2.05) is 0 Å². The summed E-state index contributed by atoms with van der Waals surface area (Å²) in [4.78, 5) is 38.1. The normalized spacial score (nSPS) is 12.5. The van der Waals surface area contributed by atoms with Crippen LogP contribution in [-0.2, 0) is 28.6 Å². The number of esters is 3. The summed E-state index contributed by atoms with van der Waals surface area (Å²) in [7, 11) is 0. The van der Waals surface area contributed by atoms with Gasteiger partial charge in [-0.1, -0.05) is 306 Å². The largest absolute Gasteiger partial charge is 0.462 e. The SMILES string of the molecule is CC/C=C\C/C=C\C/C=C\C/C=C\C/C=C\CCCC(=O)OC(COC(=O)CCCCCCC/C=C\CCC)COC(=O)CCCCCCCCCCCCCCCCCCCCCCCCCCCCCCCC. The maximum absolute atomic E-state index is 12.8. The zero-order valence-electron chi connectivity index (χ0n) is 49.8. The van der Waals surface area contributed by atoms with Crippen LogP contribution in [0.1, 0.15) is 329 Å². The minimum Gasteiger partial charge on any atom is -0.462 e. The molecule has 0 saturated heterocycles. The summed E-state index contributed by atoms with van der Waals surface area (Å²) in [6, 6.07) is 0. The molecular formula is C69H122O6. The van der Waals surface area contributed by atoms with Crippen molar-refractivity contribution in [1.29, 1.82) is 0 Å². The monoisotopic (exact) mass is 1050 g/mol. The fraction of sp³-hybridized carbons (Fsp3) is 0.783. The molecule has 0 saturated carbocycles. The van der Waals surface area contributed by atoms with Crippen LogP contribution in [0.15, 0.2) is 72.9 Å². The number of carbonyl (C=O) groups is 3. The Balaban J connectivity index is 4.15. The van der Waals surface area contributed by atoms with Gasteiger partial charge in [-0.3, -0.25) is 14.4 Å². The summed E-state index contributed by atoms with van der Waals surface area (Å²) >= 11 is 0. The van der Waals surface area contributed by atoms with Crippen LogP contribution in [0.2, 0.25) is 0 Å². The summed E-state index contributed by atoms with van der Waals surface area (Å²) in [5.41, 5.74) is 0. The zero-order valence-corrected chi connectivity index (χ0v) is 49.8. The van der Waals surface area contributed by atoms with Gasteiger partial charge in [0.15, 0.2) is 6.10 Å². The average molecular weight is 1050 g/mol. The van der Waals surface area contributed by atoms with Crippen molar-refractivity contribution >= 4 is 17.9 Å². The molecule has 1 unspecified atom stereocenters. The molecule has 6 heteroatoms. The van der Waals surface area contributed by atoms with Gasteiger partial charge in [0.25, 0.3) is 0 Å². The van der Waals surface area contributed by atoms with Gasteiger partial charge in [-0.05, 0) is 77.0 Å². The highest BCUT2D eigenvalue weighted by Crippen LogP contribution is 2.18. The molecule has 1 atom stereocenters. The van der Waals surface area contributed by atoms with E-state index < -0.39 is 6.10 Å². The van der Waals surface area contributed by atoms with Crippen LogP contribution in [0, 0.1) is 0 Å². The van der Waals surface area contributed by atoms with Crippen LogP contribution in [0.3, 0.4) is 0 Å². The quantitative estimate of drug-likeness (QED) is 0.0261. The Labute approximate surface area is 465 Å². The molecule has 0 rings (SSSR count). The van der Waals surface area contributed by atoms with E-state index in [-0.39, 0.29) is 37.5 Å². The van der Waals surface area contributed by atoms with Crippen molar-refractivity contribution in [3.05, 3.63) is 72.9 Å². The van der Waals surface area contributed by atoms with Crippen LogP contribution >= 0.6 is 0 Å². The van der Waals surface area contributed by atoms with Gasteiger partial charge in [0.1, 0.15) is 13.2 Å². The first kappa shape index (κ1) is 71.8. The van der Waals surface area contributed by atoms with Crippen molar-refractivity contribution in [2.45, 2.75) is 335 Å². The van der Waals surface area contributed by atoms with Crippen LogP contribution < -0.4 is 0 Å². The topological polar surface area (TPSA) is 78.9 Å². The molecule has 0 bridgehead atoms. The van der Waals surface area contributed by atoms with E-state index in [1.165, 1.54) is 186 Å². The fourth-order valence-electron chi connectivity index (χ4n) is 9.37. The van der Waals surface area contributed by atoms with E-state index in [4.69, 9.17) is 14.2 Å². The van der Waals surface area contributed by atoms with Gasteiger partial charge in [-0.25, -0.2) is 0 Å². The van der Waals surface area contributed by atoms with E-state index in [0.29, 0.717) is 19.3 Å². The number of rotatable bonds is 59. The second-order valence-corrected chi connectivity index (χ2v) is 21.6. The van der Waals surface area contributed by atoms with Gasteiger partial charge < -0.3 is 14.2 Å². The highest BCUT2D eigenvalue weighted by atomic mass is 16.6. The summed E-state index contributed by atoms with van der Waals surface area (Å²) in [5.74, 6) is -0.957. The smallest absolute Gasteiger partial charge is 0.306 e. The summed E-state index contributed by atoms with van der Waals surface area (Å²) < 4.78 is 16.8. The van der Waals surface area contributed by atoms with Gasteiger partial charge in [0.05, 0.1) is 0 Å². The second kappa shape index (κ2) is 63.4. The fourth-order valence-corrected chi connectivity index (χ4v) is 9.37. The molecule has 0 fully saturated rings. The third-order valence-corrected chi connectivity index (χ3v) is 14.2. The van der Waals surface area contributed by atoms with Gasteiger partial charge >= 0.3 is 17.9 Å². The standard InChI is InChI=1S/C69H122O6/c1-4-7-10-13-16-19-22-24-26-28-29-30-31-32-33-34-35-36-37-38-39-40-42-43-45-47-50-53-56-59-62-68(71)74-65-66(64-73-67(70)61-58-55-52-49-21-18-15-12-9-6-3)75-69(72)63-60-57-54-51-48-46-44-41-27-25-23-20-17-14-11-8-5-2/h8,11-12,15,17,20,25,27,44,46,51,54,66H,4-7,9-10,13-14,16,18-19,21-24,26,28-43,45,47-50,52-53,55-65H2,1-3H3/b11-8-,15-12-,20-17-,27-25-,46-44-,54-51-. The molecule has 75 heavy (non-hydrogen) atoms. The first-order chi connectivity index (χ1) is 37.0. The van der Waals surface area contributed by atoms with E-state index in [9.17, 15) is 14.4 Å². The lowest BCUT2D eigenvalue weighted by molar-refractivity contribution is -0.167. The van der Waals surface area contributed by atoms with Crippen LogP contribution in [0.4, 0.5) is 0 Å². The van der Waals surface area contributed by atoms with Crippen molar-refractivity contribution in [2.24, 2.45) is 0 Å². The first-order valence-electron chi connectivity index (χ1n) is 32.4. The molecule has 0 aromatic carbocycles. The number of allylic oxidation sites excluding steroid dienone is 12. The highest BCUT2D eigenvalue weighted by Gasteiger charge is 2.19. The maximum Gasteiger partial charge on any atom is 0.306 e. The van der Waals surface area contributed by atoms with Gasteiger partial charge in [-0.15, -0.1) is 0 Å². The van der Waals surface area contributed by atoms with Crippen LogP contribution in [0.25, 0.3) is 0 Å². The number of hydrogen-bond acceptors (Lipinski definition) is 6. The molecule has 0 amide bonds. The third kappa shape index (κ3) is 61.6. The van der Waals surface area contributed by atoms with Crippen molar-refractivity contribution in [3.63, 3.8) is 0 Å². The van der Waals surface area contributed by atoms with Gasteiger partial charge in [0, 0.05) is 19.3 Å². The van der Waals surface area contributed by atoms with Crippen LogP contribution in [-0.4, -0.2) is 37.2 Å². The molecule has 0 aliphatic heterocycles. The lowest BCUT2D eigenvalue weighted by atomic mass is 10.0. The molecule has 0 heterocycles. The molecule has 0 aliphatic carbocycles. The highest BCUT2D eigenvalue weighted by molar-refractivity contribution is 5.71. The molecule has 0 aliphatic rings. The number of hydrogen-bond donors (Lipinski definition) is 0. The van der Waals surface area contributed by atoms with Crippen molar-refractivity contribution < 1.29 is 28.6 Å².